The van der Waals surface area contributed by atoms with Crippen LogP contribution in [0.2, 0.25) is 0 Å². The third-order valence-electron chi connectivity index (χ3n) is 5.53. The molecule has 0 bridgehead atoms. The minimum atomic E-state index is 0.689. The van der Waals surface area contributed by atoms with Crippen molar-refractivity contribution in [3.8, 4) is 0 Å². The molecule has 2 heterocycles. The van der Waals surface area contributed by atoms with Gasteiger partial charge in [-0.3, -0.25) is 4.99 Å². The Balaban J connectivity index is 1.31. The quantitative estimate of drug-likeness (QED) is 0.519. The first-order valence-electron chi connectivity index (χ1n) is 10.3. The van der Waals surface area contributed by atoms with Crippen molar-refractivity contribution in [2.24, 2.45) is 10.9 Å². The number of hydrogen-bond donors (Lipinski definition) is 1. The van der Waals surface area contributed by atoms with E-state index in [-0.39, 0.29) is 0 Å². The molecule has 0 spiro atoms. The van der Waals surface area contributed by atoms with Gasteiger partial charge in [-0.2, -0.15) is 0 Å². The molecular weight excluding hydrogens is 358 g/mol. The maximum atomic E-state index is 4.53. The van der Waals surface area contributed by atoms with E-state index in [0.29, 0.717) is 5.92 Å². The average Bonchev–Trinajstić information content (AvgIpc) is 3.42. The Kier molecular flexibility index (Phi) is 6.25. The largest absolute Gasteiger partial charge is 0.352 e. The van der Waals surface area contributed by atoms with Crippen molar-refractivity contribution in [1.29, 1.82) is 0 Å². The molecule has 29 heavy (non-hydrogen) atoms. The first-order valence-corrected chi connectivity index (χ1v) is 10.3. The zero-order chi connectivity index (χ0) is 19.9. The first-order chi connectivity index (χ1) is 14.3. The number of guanidine groups is 1. The van der Waals surface area contributed by atoms with E-state index in [4.69, 9.17) is 0 Å². The maximum Gasteiger partial charge on any atom is 0.193 e. The molecule has 1 aromatic heterocycles. The second kappa shape index (κ2) is 9.41. The number of rotatable bonds is 6. The van der Waals surface area contributed by atoms with Gasteiger partial charge >= 0.3 is 0 Å². The molecule has 1 atom stereocenters. The van der Waals surface area contributed by atoms with Crippen molar-refractivity contribution in [2.75, 3.05) is 20.1 Å². The molecule has 1 aliphatic heterocycles. The van der Waals surface area contributed by atoms with Crippen molar-refractivity contribution in [3.63, 3.8) is 0 Å². The van der Waals surface area contributed by atoms with Crippen LogP contribution in [0.4, 0.5) is 0 Å². The van der Waals surface area contributed by atoms with Gasteiger partial charge in [0.25, 0.3) is 0 Å². The summed E-state index contributed by atoms with van der Waals surface area (Å²) in [4.78, 5) is 11.0. The number of imidazole rings is 1. The van der Waals surface area contributed by atoms with E-state index < -0.39 is 0 Å². The highest BCUT2D eigenvalue weighted by Crippen LogP contribution is 2.21. The number of aromatic nitrogens is 2. The molecule has 1 aliphatic rings. The Morgan fingerprint density at radius 3 is 2.72 bits per heavy atom. The van der Waals surface area contributed by atoms with Crippen molar-refractivity contribution in [1.82, 2.24) is 19.8 Å². The number of nitrogens with zero attached hydrogens (tertiary/aromatic N) is 4. The Morgan fingerprint density at radius 2 is 1.93 bits per heavy atom. The van der Waals surface area contributed by atoms with Crippen LogP contribution in [0.5, 0.6) is 0 Å². The van der Waals surface area contributed by atoms with Crippen LogP contribution in [-0.2, 0) is 19.5 Å². The lowest BCUT2D eigenvalue weighted by molar-refractivity contribution is 0.460. The van der Waals surface area contributed by atoms with Crippen LogP contribution in [0.15, 0.2) is 78.3 Å². The Labute approximate surface area is 173 Å². The normalized spacial score (nSPS) is 16.9. The van der Waals surface area contributed by atoms with Gasteiger partial charge in [-0.15, -0.1) is 0 Å². The number of hydrogen-bond acceptors (Lipinski definition) is 2. The minimum Gasteiger partial charge on any atom is -0.352 e. The summed E-state index contributed by atoms with van der Waals surface area (Å²) in [7, 11) is 1.88. The summed E-state index contributed by atoms with van der Waals surface area (Å²) in [6.07, 6.45) is 8.02. The van der Waals surface area contributed by atoms with E-state index in [0.717, 1.165) is 38.6 Å². The monoisotopic (exact) mass is 387 g/mol. The fraction of sp³-hybridized carbons (Fsp3) is 0.333. The van der Waals surface area contributed by atoms with Gasteiger partial charge in [-0.25, -0.2) is 4.98 Å². The molecule has 1 fully saturated rings. The lowest BCUT2D eigenvalue weighted by atomic mass is 9.99. The van der Waals surface area contributed by atoms with Gasteiger partial charge in [-0.1, -0.05) is 54.6 Å². The molecule has 1 unspecified atom stereocenters. The molecule has 0 radical (unpaired) electrons. The van der Waals surface area contributed by atoms with Crippen molar-refractivity contribution >= 4 is 5.96 Å². The zero-order valence-electron chi connectivity index (χ0n) is 17.0. The topological polar surface area (TPSA) is 45.5 Å². The third kappa shape index (κ3) is 5.25. The Hall–Kier alpha value is -3.08. The van der Waals surface area contributed by atoms with Crippen molar-refractivity contribution < 1.29 is 0 Å². The standard InChI is InChI=1S/C24H29N5/c1-25-24(29-12-10-23(18-29)14-20-6-3-2-4-7-20)27-16-21-8-5-9-22(15-21)17-28-13-11-26-19-28/h2-9,11,13,15,19,23H,10,12,14,16-18H2,1H3,(H,25,27). The van der Waals surface area contributed by atoms with Crippen LogP contribution in [-0.4, -0.2) is 40.5 Å². The van der Waals surface area contributed by atoms with Gasteiger partial charge in [-0.05, 0) is 35.4 Å². The SMILES string of the molecule is CN=C(NCc1cccc(Cn2ccnc2)c1)N1CCC(Cc2ccccc2)C1. The van der Waals surface area contributed by atoms with Crippen LogP contribution in [0.3, 0.4) is 0 Å². The molecular formula is C24H29N5. The molecule has 5 nitrogen and oxygen atoms in total. The van der Waals surface area contributed by atoms with Crippen LogP contribution < -0.4 is 5.32 Å². The number of nitrogens with one attached hydrogen (secondary N) is 1. The van der Waals surface area contributed by atoms with E-state index in [1.807, 2.05) is 25.8 Å². The summed E-state index contributed by atoms with van der Waals surface area (Å²) in [5.41, 5.74) is 3.97. The summed E-state index contributed by atoms with van der Waals surface area (Å²) in [5, 5.41) is 3.55. The van der Waals surface area contributed by atoms with Gasteiger partial charge in [0, 0.05) is 45.6 Å². The Bertz CT molecular complexity index is 917. The smallest absolute Gasteiger partial charge is 0.193 e. The highest BCUT2D eigenvalue weighted by atomic mass is 15.3. The second-order valence-electron chi connectivity index (χ2n) is 7.75. The lowest BCUT2D eigenvalue weighted by Crippen LogP contribution is -2.39. The third-order valence-corrected chi connectivity index (χ3v) is 5.53. The molecule has 0 amide bonds. The summed E-state index contributed by atoms with van der Waals surface area (Å²) >= 11 is 0. The number of benzene rings is 2. The maximum absolute atomic E-state index is 4.53. The van der Waals surface area contributed by atoms with Crippen molar-refractivity contribution in [2.45, 2.75) is 25.9 Å². The molecule has 3 aromatic rings. The molecule has 4 rings (SSSR count). The van der Waals surface area contributed by atoms with Gasteiger partial charge in [0.05, 0.1) is 6.33 Å². The summed E-state index contributed by atoms with van der Waals surface area (Å²) in [5.74, 6) is 1.69. The van der Waals surface area contributed by atoms with E-state index in [1.165, 1.54) is 23.1 Å². The van der Waals surface area contributed by atoms with Gasteiger partial charge in [0.1, 0.15) is 0 Å². The first kappa shape index (κ1) is 19.2. The predicted molar refractivity (Wildman–Crippen MR) is 118 cm³/mol. The van der Waals surface area contributed by atoms with E-state index in [9.17, 15) is 0 Å². The van der Waals surface area contributed by atoms with Gasteiger partial charge in [0.15, 0.2) is 5.96 Å². The predicted octanol–water partition coefficient (Wildman–Crippen LogP) is 3.57. The molecule has 5 heteroatoms. The number of likely N-dealkylation sites (tertiary alicyclic amines) is 1. The molecule has 0 aliphatic carbocycles. The average molecular weight is 388 g/mol. The lowest BCUT2D eigenvalue weighted by Gasteiger charge is -2.22. The highest BCUT2D eigenvalue weighted by molar-refractivity contribution is 5.80. The van der Waals surface area contributed by atoms with Crippen molar-refractivity contribution in [3.05, 3.63) is 90.0 Å². The van der Waals surface area contributed by atoms with E-state index in [2.05, 4.69) is 79.4 Å². The molecule has 1 N–H and O–H groups in total. The van der Waals surface area contributed by atoms with Crippen LogP contribution >= 0.6 is 0 Å². The molecule has 1 saturated heterocycles. The molecule has 150 valence electrons. The minimum absolute atomic E-state index is 0.689. The molecule has 2 aromatic carbocycles. The second-order valence-corrected chi connectivity index (χ2v) is 7.75. The highest BCUT2D eigenvalue weighted by Gasteiger charge is 2.24. The molecule has 0 saturated carbocycles. The van der Waals surface area contributed by atoms with Crippen LogP contribution in [0, 0.1) is 5.92 Å². The Morgan fingerprint density at radius 1 is 1.10 bits per heavy atom. The van der Waals surface area contributed by atoms with Gasteiger partial charge in [0.2, 0.25) is 0 Å². The fourth-order valence-corrected chi connectivity index (χ4v) is 4.08. The number of aliphatic imine (C=N–C) groups is 1. The zero-order valence-corrected chi connectivity index (χ0v) is 17.0. The van der Waals surface area contributed by atoms with E-state index in [1.54, 1.807) is 0 Å². The van der Waals surface area contributed by atoms with Crippen LogP contribution in [0.25, 0.3) is 0 Å². The summed E-state index contributed by atoms with van der Waals surface area (Å²) in [6.45, 7) is 3.76. The summed E-state index contributed by atoms with van der Waals surface area (Å²) < 4.78 is 2.09. The van der Waals surface area contributed by atoms with Gasteiger partial charge < -0.3 is 14.8 Å². The van der Waals surface area contributed by atoms with Crippen LogP contribution in [0.1, 0.15) is 23.1 Å². The fourth-order valence-electron chi connectivity index (χ4n) is 4.08. The van der Waals surface area contributed by atoms with E-state index >= 15 is 0 Å². The summed E-state index contributed by atoms with van der Waals surface area (Å²) in [6, 6.07) is 19.5.